The Bertz CT molecular complexity index is 1270. The minimum Gasteiger partial charge on any atom is -0.456 e. The molecule has 0 radical (unpaired) electrons. The molecule has 0 N–H and O–H groups in total. The van der Waals surface area contributed by atoms with Crippen LogP contribution in [0.1, 0.15) is 67.0 Å². The molecule has 4 rings (SSSR count). The van der Waals surface area contributed by atoms with Crippen molar-refractivity contribution in [3.05, 3.63) is 81.9 Å². The topological polar surface area (TPSA) is 71.1 Å². The maximum atomic E-state index is 12.8. The zero-order valence-electron chi connectivity index (χ0n) is 23.4. The highest BCUT2D eigenvalue weighted by molar-refractivity contribution is 5.88. The standard InChI is InChI=1S/C32H38O6/c1-20-8-10-24(16-22(20)3)12-14-28(33)35-26-18-32(7,19-27-30(26)38-31(5,6)36-27)37-29(34)15-13-25-11-9-21(2)23(4)17-25/h8-17,26-27,30H,18-19H2,1-7H3/b14-12+,15-13+. The fraction of sp³-hybridized carbons (Fsp3) is 0.438. The van der Waals surface area contributed by atoms with Crippen LogP contribution in [0.2, 0.25) is 0 Å². The maximum absolute atomic E-state index is 12.8. The molecule has 1 saturated carbocycles. The van der Waals surface area contributed by atoms with Crippen molar-refractivity contribution < 1.29 is 28.5 Å². The van der Waals surface area contributed by atoms with Gasteiger partial charge in [-0.3, -0.25) is 0 Å². The minimum atomic E-state index is -0.891. The van der Waals surface area contributed by atoms with E-state index in [0.717, 1.165) is 22.3 Å². The van der Waals surface area contributed by atoms with E-state index < -0.39 is 35.5 Å². The Balaban J connectivity index is 1.46. The second-order valence-corrected chi connectivity index (χ2v) is 11.2. The van der Waals surface area contributed by atoms with Crippen LogP contribution in [0.15, 0.2) is 48.6 Å². The summed E-state index contributed by atoms with van der Waals surface area (Å²) in [5, 5.41) is 0. The highest BCUT2D eigenvalue weighted by Gasteiger charge is 2.55. The zero-order chi connectivity index (χ0) is 27.7. The van der Waals surface area contributed by atoms with Gasteiger partial charge in [0.25, 0.3) is 0 Å². The van der Waals surface area contributed by atoms with E-state index in [-0.39, 0.29) is 6.10 Å². The monoisotopic (exact) mass is 518 g/mol. The van der Waals surface area contributed by atoms with E-state index in [0.29, 0.717) is 12.8 Å². The number of carbonyl (C=O) groups excluding carboxylic acids is 2. The third kappa shape index (κ3) is 6.80. The van der Waals surface area contributed by atoms with Gasteiger partial charge in [0.2, 0.25) is 0 Å². The van der Waals surface area contributed by atoms with Crippen molar-refractivity contribution in [2.24, 2.45) is 0 Å². The summed E-state index contributed by atoms with van der Waals surface area (Å²) in [6.07, 6.45) is 5.64. The molecule has 4 atom stereocenters. The molecule has 38 heavy (non-hydrogen) atoms. The van der Waals surface area contributed by atoms with Crippen molar-refractivity contribution in [2.75, 3.05) is 0 Å². The third-order valence-electron chi connectivity index (χ3n) is 7.35. The van der Waals surface area contributed by atoms with Gasteiger partial charge in [-0.1, -0.05) is 36.4 Å². The summed E-state index contributed by atoms with van der Waals surface area (Å²) >= 11 is 0. The molecule has 4 unspecified atom stereocenters. The predicted molar refractivity (Wildman–Crippen MR) is 147 cm³/mol. The first-order chi connectivity index (χ1) is 17.8. The molecule has 1 saturated heterocycles. The van der Waals surface area contributed by atoms with Crippen molar-refractivity contribution >= 4 is 24.1 Å². The number of benzene rings is 2. The molecule has 1 aliphatic heterocycles. The first-order valence-electron chi connectivity index (χ1n) is 13.1. The van der Waals surface area contributed by atoms with Crippen molar-refractivity contribution in [1.29, 1.82) is 0 Å². The average molecular weight is 519 g/mol. The smallest absolute Gasteiger partial charge is 0.331 e. The van der Waals surface area contributed by atoms with E-state index in [9.17, 15) is 9.59 Å². The van der Waals surface area contributed by atoms with Crippen molar-refractivity contribution in [2.45, 2.75) is 91.0 Å². The molecule has 1 aliphatic carbocycles. The Morgan fingerprint density at radius 2 is 1.34 bits per heavy atom. The van der Waals surface area contributed by atoms with Gasteiger partial charge in [0.15, 0.2) is 5.79 Å². The molecule has 0 aromatic heterocycles. The molecular formula is C32H38O6. The molecule has 2 aliphatic rings. The number of esters is 2. The van der Waals surface area contributed by atoms with Gasteiger partial charge >= 0.3 is 11.9 Å². The highest BCUT2D eigenvalue weighted by atomic mass is 16.8. The molecule has 2 aromatic carbocycles. The van der Waals surface area contributed by atoms with Gasteiger partial charge in [0.05, 0.1) is 6.10 Å². The Kier molecular flexibility index (Phi) is 7.96. The van der Waals surface area contributed by atoms with Crippen LogP contribution in [0.5, 0.6) is 0 Å². The first-order valence-corrected chi connectivity index (χ1v) is 13.1. The lowest BCUT2D eigenvalue weighted by Crippen LogP contribution is -2.53. The van der Waals surface area contributed by atoms with Crippen LogP contribution in [-0.2, 0) is 28.5 Å². The van der Waals surface area contributed by atoms with Gasteiger partial charge in [0, 0.05) is 25.0 Å². The van der Waals surface area contributed by atoms with Crippen LogP contribution < -0.4 is 0 Å². The summed E-state index contributed by atoms with van der Waals surface area (Å²) in [6.45, 7) is 13.7. The highest BCUT2D eigenvalue weighted by Crippen LogP contribution is 2.43. The lowest BCUT2D eigenvalue weighted by Gasteiger charge is -2.41. The summed E-state index contributed by atoms with van der Waals surface area (Å²) in [6, 6.07) is 12.0. The maximum Gasteiger partial charge on any atom is 0.331 e. The lowest BCUT2D eigenvalue weighted by atomic mass is 9.80. The number of rotatable bonds is 6. The Morgan fingerprint density at radius 1 is 0.789 bits per heavy atom. The molecule has 0 amide bonds. The number of fused-ring (bicyclic) bond motifs is 1. The van der Waals surface area contributed by atoms with E-state index in [1.54, 1.807) is 12.2 Å². The van der Waals surface area contributed by atoms with E-state index in [1.807, 2.05) is 84.9 Å². The van der Waals surface area contributed by atoms with Crippen LogP contribution in [0.25, 0.3) is 12.2 Å². The van der Waals surface area contributed by atoms with Gasteiger partial charge in [-0.05, 0) is 94.0 Å². The van der Waals surface area contributed by atoms with Crippen molar-refractivity contribution in [3.63, 3.8) is 0 Å². The summed E-state index contributed by atoms with van der Waals surface area (Å²) in [5.41, 5.74) is 5.65. The van der Waals surface area contributed by atoms with Crippen LogP contribution in [0.3, 0.4) is 0 Å². The van der Waals surface area contributed by atoms with Crippen molar-refractivity contribution in [1.82, 2.24) is 0 Å². The fourth-order valence-electron chi connectivity index (χ4n) is 5.11. The molecular weight excluding hydrogens is 480 g/mol. The quantitative estimate of drug-likeness (QED) is 0.336. The molecule has 6 heteroatoms. The molecule has 2 fully saturated rings. The summed E-state index contributed by atoms with van der Waals surface area (Å²) in [4.78, 5) is 25.6. The predicted octanol–water partition coefficient (Wildman–Crippen LogP) is 6.17. The molecule has 1 heterocycles. The van der Waals surface area contributed by atoms with E-state index in [4.69, 9.17) is 18.9 Å². The molecule has 6 nitrogen and oxygen atoms in total. The summed E-state index contributed by atoms with van der Waals surface area (Å²) in [7, 11) is 0. The van der Waals surface area contributed by atoms with Crippen LogP contribution in [0.4, 0.5) is 0 Å². The van der Waals surface area contributed by atoms with Gasteiger partial charge < -0.3 is 18.9 Å². The van der Waals surface area contributed by atoms with Crippen LogP contribution in [-0.4, -0.2) is 41.6 Å². The SMILES string of the molecule is Cc1ccc(/C=C/C(=O)OC2CC(C)(OC(=O)/C=C/c3ccc(C)c(C)c3)CC3OC(C)(C)OC23)cc1C. The second-order valence-electron chi connectivity index (χ2n) is 11.2. The number of ether oxygens (including phenoxy) is 4. The van der Waals surface area contributed by atoms with Crippen LogP contribution in [0, 0.1) is 27.7 Å². The van der Waals surface area contributed by atoms with E-state index >= 15 is 0 Å². The number of aryl methyl sites for hydroxylation is 4. The number of hydrogen-bond donors (Lipinski definition) is 0. The molecule has 202 valence electrons. The molecule has 2 aromatic rings. The van der Waals surface area contributed by atoms with E-state index in [1.165, 1.54) is 23.3 Å². The van der Waals surface area contributed by atoms with Gasteiger partial charge in [0.1, 0.15) is 17.8 Å². The summed E-state index contributed by atoms with van der Waals surface area (Å²) in [5.74, 6) is -1.76. The van der Waals surface area contributed by atoms with E-state index in [2.05, 4.69) is 0 Å². The van der Waals surface area contributed by atoms with Gasteiger partial charge in [-0.2, -0.15) is 0 Å². The number of hydrogen-bond acceptors (Lipinski definition) is 6. The fourth-order valence-corrected chi connectivity index (χ4v) is 5.11. The van der Waals surface area contributed by atoms with Gasteiger partial charge in [-0.25, -0.2) is 9.59 Å². The minimum absolute atomic E-state index is 0.306. The normalized spacial score (nSPS) is 26.4. The Labute approximate surface area is 225 Å². The Hall–Kier alpha value is -3.22. The largest absolute Gasteiger partial charge is 0.456 e. The third-order valence-corrected chi connectivity index (χ3v) is 7.35. The Morgan fingerprint density at radius 3 is 1.89 bits per heavy atom. The summed E-state index contributed by atoms with van der Waals surface area (Å²) < 4.78 is 24.0. The lowest BCUT2D eigenvalue weighted by molar-refractivity contribution is -0.179. The first kappa shape index (κ1) is 27.8. The van der Waals surface area contributed by atoms with Gasteiger partial charge in [-0.15, -0.1) is 0 Å². The number of carbonyl (C=O) groups is 2. The van der Waals surface area contributed by atoms with Crippen LogP contribution >= 0.6 is 0 Å². The zero-order valence-corrected chi connectivity index (χ0v) is 23.4. The molecule has 0 bridgehead atoms. The molecule has 0 spiro atoms. The van der Waals surface area contributed by atoms with Crippen molar-refractivity contribution in [3.8, 4) is 0 Å². The average Bonchev–Trinajstić information content (AvgIpc) is 3.14. The second kappa shape index (κ2) is 10.9.